The molecule has 1 saturated heterocycles. The summed E-state index contributed by atoms with van der Waals surface area (Å²) in [6, 6.07) is 14.9. The summed E-state index contributed by atoms with van der Waals surface area (Å²) < 4.78 is 72.3. The number of thioether (sulfide) groups is 1. The predicted octanol–water partition coefficient (Wildman–Crippen LogP) is 7.42. The Bertz CT molecular complexity index is 1760. The number of aliphatic imine (C=N–C) groups is 1. The van der Waals surface area contributed by atoms with Gasteiger partial charge in [0, 0.05) is 5.56 Å². The van der Waals surface area contributed by atoms with Crippen LogP contribution in [0, 0.1) is 6.92 Å². The van der Waals surface area contributed by atoms with Crippen molar-refractivity contribution in [3.8, 4) is 22.8 Å². The van der Waals surface area contributed by atoms with Gasteiger partial charge in [-0.2, -0.15) is 4.99 Å². The SMILES string of the molecule is Cc1cccc(N2C(=O)CS/C2=N\C(=O)NC(F)C(F)c2ccc(-c3ncn(-c4ccc(OC(F)(F)F)cc4)n3)cc2)c1C(C)C. The van der Waals surface area contributed by atoms with E-state index >= 15 is 4.39 Å². The number of carbonyl (C=O) groups excluding carboxylic acids is 2. The molecule has 15 heteroatoms. The van der Waals surface area contributed by atoms with Crippen molar-refractivity contribution in [2.75, 3.05) is 10.7 Å². The van der Waals surface area contributed by atoms with Crippen molar-refractivity contribution in [3.05, 3.63) is 89.7 Å². The number of aryl methyl sites for hydroxylation is 1. The third-order valence-corrected chi connectivity index (χ3v) is 7.84. The molecule has 46 heavy (non-hydrogen) atoms. The van der Waals surface area contributed by atoms with Gasteiger partial charge in [-0.3, -0.25) is 9.69 Å². The number of alkyl halides is 5. The number of rotatable bonds is 8. The second-order valence-electron chi connectivity index (χ2n) is 10.5. The fourth-order valence-corrected chi connectivity index (χ4v) is 5.77. The average molecular weight is 659 g/mol. The fourth-order valence-electron chi connectivity index (χ4n) is 4.91. The summed E-state index contributed by atoms with van der Waals surface area (Å²) in [6.07, 6.45) is -8.15. The van der Waals surface area contributed by atoms with E-state index in [1.54, 1.807) is 12.1 Å². The van der Waals surface area contributed by atoms with Gasteiger partial charge in [-0.25, -0.2) is 23.2 Å². The number of amidine groups is 1. The summed E-state index contributed by atoms with van der Waals surface area (Å²) in [5.74, 6) is -0.323. The zero-order valence-corrected chi connectivity index (χ0v) is 25.4. The van der Waals surface area contributed by atoms with E-state index in [1.165, 1.54) is 52.3 Å². The van der Waals surface area contributed by atoms with Gasteiger partial charge in [0.25, 0.3) is 0 Å². The molecule has 0 saturated carbocycles. The number of hydrogen-bond donors (Lipinski definition) is 1. The normalized spacial score (nSPS) is 15.8. The first-order valence-corrected chi connectivity index (χ1v) is 14.9. The molecule has 9 nitrogen and oxygen atoms in total. The van der Waals surface area contributed by atoms with Crippen LogP contribution in [0.15, 0.2) is 78.0 Å². The molecular formula is C31H27F5N6O3S. The number of nitrogens with zero attached hydrogens (tertiary/aromatic N) is 5. The minimum Gasteiger partial charge on any atom is -0.406 e. The Balaban J connectivity index is 1.24. The third-order valence-electron chi connectivity index (χ3n) is 6.91. The molecule has 2 unspecified atom stereocenters. The summed E-state index contributed by atoms with van der Waals surface area (Å²) >= 11 is 1.03. The van der Waals surface area contributed by atoms with Crippen molar-refractivity contribution in [1.82, 2.24) is 20.1 Å². The van der Waals surface area contributed by atoms with E-state index in [4.69, 9.17) is 0 Å². The van der Waals surface area contributed by atoms with Crippen LogP contribution >= 0.6 is 11.8 Å². The lowest BCUT2D eigenvalue weighted by Gasteiger charge is -2.23. The van der Waals surface area contributed by atoms with Crippen molar-refractivity contribution >= 4 is 34.6 Å². The van der Waals surface area contributed by atoms with Gasteiger partial charge in [0.2, 0.25) is 12.2 Å². The highest BCUT2D eigenvalue weighted by Gasteiger charge is 2.34. The quantitative estimate of drug-likeness (QED) is 0.156. The van der Waals surface area contributed by atoms with Gasteiger partial charge in [0.05, 0.1) is 17.1 Å². The van der Waals surface area contributed by atoms with E-state index in [9.17, 15) is 27.2 Å². The molecule has 3 aromatic carbocycles. The van der Waals surface area contributed by atoms with Crippen LogP contribution in [0.3, 0.4) is 0 Å². The number of ether oxygens (including phenoxy) is 1. The molecule has 1 N–H and O–H groups in total. The maximum atomic E-state index is 15.1. The maximum Gasteiger partial charge on any atom is 0.573 e. The first-order chi connectivity index (χ1) is 21.8. The Morgan fingerprint density at radius 3 is 2.39 bits per heavy atom. The number of anilines is 1. The molecule has 0 radical (unpaired) electrons. The molecule has 1 aliphatic rings. The number of nitrogens with one attached hydrogen (secondary N) is 1. The van der Waals surface area contributed by atoms with E-state index in [0.29, 0.717) is 16.9 Å². The lowest BCUT2D eigenvalue weighted by molar-refractivity contribution is -0.274. The molecule has 0 aliphatic carbocycles. The molecule has 4 aromatic rings. The standard InChI is InChI=1S/C31H27F5N6O3S/c1-17(2)25-18(3)5-4-6-23(25)42-24(43)15-46-30(42)39-29(44)38-27(33)26(32)19-7-9-20(10-8-19)28-37-16-41(40-28)21-11-13-22(14-12-21)45-31(34,35)36/h4-14,16-17,26-27H,15H2,1-3H3,(H,38,44)/b39-30-. The average Bonchev–Trinajstić information content (AvgIpc) is 3.63. The van der Waals surface area contributed by atoms with Crippen molar-refractivity contribution < 1.29 is 36.3 Å². The Kier molecular flexibility index (Phi) is 9.42. The van der Waals surface area contributed by atoms with Crippen molar-refractivity contribution in [2.24, 2.45) is 4.99 Å². The lowest BCUT2D eigenvalue weighted by atomic mass is 9.95. The first kappa shape index (κ1) is 32.6. The predicted molar refractivity (Wildman–Crippen MR) is 163 cm³/mol. The van der Waals surface area contributed by atoms with E-state index in [1.807, 2.05) is 32.2 Å². The summed E-state index contributed by atoms with van der Waals surface area (Å²) in [6.45, 7) is 5.89. The van der Waals surface area contributed by atoms with Crippen LogP contribution in [0.5, 0.6) is 5.75 Å². The van der Waals surface area contributed by atoms with Gasteiger partial charge in [0.15, 0.2) is 17.2 Å². The van der Waals surface area contributed by atoms with E-state index in [2.05, 4.69) is 19.8 Å². The molecule has 1 aliphatic heterocycles. The zero-order valence-electron chi connectivity index (χ0n) is 24.6. The fraction of sp³-hybridized carbons (Fsp3) is 0.258. The van der Waals surface area contributed by atoms with Gasteiger partial charge in [-0.1, -0.05) is 62.0 Å². The Hall–Kier alpha value is -4.79. The number of aromatic nitrogens is 3. The van der Waals surface area contributed by atoms with Crippen LogP contribution in [0.1, 0.15) is 42.6 Å². The second kappa shape index (κ2) is 13.3. The summed E-state index contributed by atoms with van der Waals surface area (Å²) in [7, 11) is 0. The van der Waals surface area contributed by atoms with Crippen LogP contribution in [-0.4, -0.2) is 50.3 Å². The molecule has 5 rings (SSSR count). The summed E-state index contributed by atoms with van der Waals surface area (Å²) in [5.41, 5.74) is 3.27. The number of urea groups is 1. The van der Waals surface area contributed by atoms with E-state index in [-0.39, 0.29) is 39.9 Å². The highest BCUT2D eigenvalue weighted by Crippen LogP contribution is 2.35. The van der Waals surface area contributed by atoms with Gasteiger partial charge in [-0.15, -0.1) is 18.3 Å². The van der Waals surface area contributed by atoms with Crippen molar-refractivity contribution in [1.29, 1.82) is 0 Å². The molecule has 1 aromatic heterocycles. The number of amides is 3. The molecular weight excluding hydrogens is 631 g/mol. The van der Waals surface area contributed by atoms with Crippen LogP contribution in [0.2, 0.25) is 0 Å². The molecule has 240 valence electrons. The summed E-state index contributed by atoms with van der Waals surface area (Å²) in [5, 5.41) is 6.25. The van der Waals surface area contributed by atoms with E-state index < -0.39 is 24.9 Å². The second-order valence-corrected chi connectivity index (χ2v) is 11.4. The molecule has 2 heterocycles. The Morgan fingerprint density at radius 2 is 1.74 bits per heavy atom. The molecule has 0 spiro atoms. The summed E-state index contributed by atoms with van der Waals surface area (Å²) in [4.78, 5) is 34.7. The van der Waals surface area contributed by atoms with Crippen LogP contribution in [0.4, 0.5) is 32.4 Å². The number of halogens is 5. The number of carbonyl (C=O) groups is 2. The molecule has 0 bridgehead atoms. The van der Waals surface area contributed by atoms with Crippen LogP contribution in [0.25, 0.3) is 17.1 Å². The maximum absolute atomic E-state index is 15.1. The lowest BCUT2D eigenvalue weighted by Crippen LogP contribution is -2.35. The van der Waals surface area contributed by atoms with Crippen molar-refractivity contribution in [3.63, 3.8) is 0 Å². The number of hydrogen-bond acceptors (Lipinski definition) is 6. The van der Waals surface area contributed by atoms with Gasteiger partial charge >= 0.3 is 12.4 Å². The molecule has 2 atom stereocenters. The minimum absolute atomic E-state index is 0.0467. The first-order valence-electron chi connectivity index (χ1n) is 13.9. The monoisotopic (exact) mass is 658 g/mol. The topological polar surface area (TPSA) is 102 Å². The number of benzene rings is 3. The zero-order chi connectivity index (χ0) is 33.2. The van der Waals surface area contributed by atoms with E-state index in [0.717, 1.165) is 35.0 Å². The molecule has 1 fully saturated rings. The van der Waals surface area contributed by atoms with Crippen molar-refractivity contribution in [2.45, 2.75) is 45.5 Å². The Labute approximate surface area is 264 Å². The van der Waals surface area contributed by atoms with Gasteiger partial charge < -0.3 is 10.1 Å². The van der Waals surface area contributed by atoms with Crippen LogP contribution in [-0.2, 0) is 4.79 Å². The largest absolute Gasteiger partial charge is 0.573 e. The third kappa shape index (κ3) is 7.36. The smallest absolute Gasteiger partial charge is 0.406 e. The van der Waals surface area contributed by atoms with Gasteiger partial charge in [-0.05, 0) is 59.9 Å². The minimum atomic E-state index is -4.81. The Morgan fingerprint density at radius 1 is 1.04 bits per heavy atom. The van der Waals surface area contributed by atoms with Gasteiger partial charge in [0.1, 0.15) is 12.1 Å². The highest BCUT2D eigenvalue weighted by molar-refractivity contribution is 8.15. The molecule has 3 amide bonds. The highest BCUT2D eigenvalue weighted by atomic mass is 32.2. The van der Waals surface area contributed by atoms with Crippen LogP contribution < -0.4 is 15.0 Å².